The van der Waals surface area contributed by atoms with Gasteiger partial charge in [0.2, 0.25) is 10.0 Å². The lowest BCUT2D eigenvalue weighted by Gasteiger charge is -2.33. The second-order valence-electron chi connectivity index (χ2n) is 6.86. The maximum absolute atomic E-state index is 11.9. The highest BCUT2D eigenvalue weighted by molar-refractivity contribution is 7.89. The van der Waals surface area contributed by atoms with Gasteiger partial charge in [0, 0.05) is 25.2 Å². The monoisotopic (exact) mass is 336 g/mol. The van der Waals surface area contributed by atoms with E-state index in [4.69, 9.17) is 0 Å². The Labute approximate surface area is 140 Å². The van der Waals surface area contributed by atoms with Crippen molar-refractivity contribution in [3.05, 3.63) is 35.9 Å². The summed E-state index contributed by atoms with van der Waals surface area (Å²) in [5.74, 6) is 0.890. The van der Waals surface area contributed by atoms with Crippen molar-refractivity contribution in [2.24, 2.45) is 0 Å². The molecule has 1 saturated heterocycles. The molecular formula is C18H28N2O2S. The highest BCUT2D eigenvalue weighted by atomic mass is 32.2. The summed E-state index contributed by atoms with van der Waals surface area (Å²) in [6.45, 7) is 3.06. The Morgan fingerprint density at radius 3 is 2.39 bits per heavy atom. The number of hydrogen-bond acceptors (Lipinski definition) is 3. The van der Waals surface area contributed by atoms with Gasteiger partial charge in [-0.25, -0.2) is 12.7 Å². The lowest BCUT2D eigenvalue weighted by molar-refractivity contribution is 0.273. The van der Waals surface area contributed by atoms with Crippen LogP contribution in [0.15, 0.2) is 30.3 Å². The van der Waals surface area contributed by atoms with Crippen molar-refractivity contribution in [1.29, 1.82) is 0 Å². The van der Waals surface area contributed by atoms with Gasteiger partial charge >= 0.3 is 0 Å². The summed E-state index contributed by atoms with van der Waals surface area (Å²) in [7, 11) is -3.01. The maximum Gasteiger partial charge on any atom is 0.213 e. The van der Waals surface area contributed by atoms with Gasteiger partial charge in [-0.05, 0) is 50.5 Å². The number of piperidine rings is 1. The first kappa shape index (κ1) is 16.9. The molecule has 1 aliphatic heterocycles. The van der Waals surface area contributed by atoms with Crippen LogP contribution in [0.5, 0.6) is 0 Å². The molecule has 1 aromatic carbocycles. The van der Waals surface area contributed by atoms with Gasteiger partial charge in [-0.1, -0.05) is 30.3 Å². The van der Waals surface area contributed by atoms with E-state index in [1.807, 2.05) is 0 Å². The summed E-state index contributed by atoms with van der Waals surface area (Å²) in [6.07, 6.45) is 5.56. The number of rotatable bonds is 5. The van der Waals surface area contributed by atoms with Gasteiger partial charge < -0.3 is 5.32 Å². The van der Waals surface area contributed by atoms with Crippen molar-refractivity contribution in [2.75, 3.05) is 18.8 Å². The quantitative estimate of drug-likeness (QED) is 0.899. The first-order valence-corrected chi connectivity index (χ1v) is 10.5. The summed E-state index contributed by atoms with van der Waals surface area (Å²) >= 11 is 0. The van der Waals surface area contributed by atoms with Crippen LogP contribution < -0.4 is 5.32 Å². The molecule has 0 amide bonds. The van der Waals surface area contributed by atoms with Crippen LogP contribution in [0.1, 0.15) is 50.5 Å². The normalized spacial score (nSPS) is 27.3. The molecule has 2 aliphatic rings. The zero-order valence-electron chi connectivity index (χ0n) is 13.9. The van der Waals surface area contributed by atoms with Crippen LogP contribution in [-0.2, 0) is 10.0 Å². The molecule has 2 unspecified atom stereocenters. The molecule has 2 fully saturated rings. The third kappa shape index (κ3) is 4.14. The lowest BCUT2D eigenvalue weighted by atomic mass is 9.97. The Morgan fingerprint density at radius 2 is 1.74 bits per heavy atom. The third-order valence-corrected chi connectivity index (χ3v) is 7.27. The smallest absolute Gasteiger partial charge is 0.213 e. The van der Waals surface area contributed by atoms with E-state index >= 15 is 0 Å². The first-order chi connectivity index (χ1) is 11.1. The number of benzene rings is 1. The third-order valence-electron chi connectivity index (χ3n) is 5.39. The van der Waals surface area contributed by atoms with Crippen LogP contribution >= 0.6 is 0 Å². The average Bonchev–Trinajstić information content (AvgIpc) is 3.05. The van der Waals surface area contributed by atoms with Gasteiger partial charge in [0.25, 0.3) is 0 Å². The van der Waals surface area contributed by atoms with Crippen molar-refractivity contribution >= 4 is 10.0 Å². The molecule has 0 radical (unpaired) electrons. The molecule has 1 aromatic rings. The highest BCUT2D eigenvalue weighted by Crippen LogP contribution is 2.34. The van der Waals surface area contributed by atoms with Crippen LogP contribution in [0, 0.1) is 0 Å². The van der Waals surface area contributed by atoms with Crippen molar-refractivity contribution in [2.45, 2.75) is 57.0 Å². The van der Waals surface area contributed by atoms with E-state index in [-0.39, 0.29) is 5.75 Å². The average molecular weight is 337 g/mol. The van der Waals surface area contributed by atoms with E-state index in [2.05, 4.69) is 35.6 Å². The van der Waals surface area contributed by atoms with Gasteiger partial charge in [-0.15, -0.1) is 0 Å². The molecular weight excluding hydrogens is 308 g/mol. The summed E-state index contributed by atoms with van der Waals surface area (Å²) in [5.41, 5.74) is 1.46. The number of hydrogen-bond donors (Lipinski definition) is 1. The lowest BCUT2D eigenvalue weighted by Crippen LogP contribution is -2.47. The van der Waals surface area contributed by atoms with E-state index in [1.54, 1.807) is 11.2 Å². The Balaban J connectivity index is 1.47. The Hall–Kier alpha value is -0.910. The number of nitrogens with zero attached hydrogens (tertiary/aromatic N) is 1. The van der Waals surface area contributed by atoms with E-state index in [1.165, 1.54) is 24.8 Å². The molecule has 1 saturated carbocycles. The van der Waals surface area contributed by atoms with Gasteiger partial charge in [-0.3, -0.25) is 0 Å². The molecule has 0 spiro atoms. The summed E-state index contributed by atoms with van der Waals surface area (Å²) < 4.78 is 25.5. The largest absolute Gasteiger partial charge is 0.311 e. The predicted octanol–water partition coefficient (Wildman–Crippen LogP) is 2.73. The van der Waals surface area contributed by atoms with Crippen LogP contribution in [0.3, 0.4) is 0 Å². The second kappa shape index (κ2) is 7.32. The molecule has 1 aliphatic carbocycles. The van der Waals surface area contributed by atoms with Crippen LogP contribution in [0.4, 0.5) is 0 Å². The van der Waals surface area contributed by atoms with Crippen LogP contribution in [0.2, 0.25) is 0 Å². The minimum Gasteiger partial charge on any atom is -0.311 e. The Morgan fingerprint density at radius 1 is 1.04 bits per heavy atom. The second-order valence-corrected chi connectivity index (χ2v) is 9.12. The summed E-state index contributed by atoms with van der Waals surface area (Å²) in [5, 5.41) is 3.79. The summed E-state index contributed by atoms with van der Waals surface area (Å²) in [6, 6.07) is 11.9. The first-order valence-electron chi connectivity index (χ1n) is 8.87. The van der Waals surface area contributed by atoms with Gasteiger partial charge in [0.1, 0.15) is 0 Å². The van der Waals surface area contributed by atoms with E-state index in [0.717, 1.165) is 12.8 Å². The molecule has 2 atom stereocenters. The number of sulfonamides is 1. The van der Waals surface area contributed by atoms with E-state index in [0.29, 0.717) is 31.1 Å². The highest BCUT2D eigenvalue weighted by Gasteiger charge is 2.30. The maximum atomic E-state index is 11.9. The van der Waals surface area contributed by atoms with Crippen LogP contribution in [-0.4, -0.2) is 43.6 Å². The molecule has 1 heterocycles. The predicted molar refractivity (Wildman–Crippen MR) is 94.0 cm³/mol. The van der Waals surface area contributed by atoms with Crippen molar-refractivity contribution in [3.63, 3.8) is 0 Å². The summed E-state index contributed by atoms with van der Waals surface area (Å²) in [4.78, 5) is 0. The van der Waals surface area contributed by atoms with Crippen molar-refractivity contribution < 1.29 is 8.42 Å². The van der Waals surface area contributed by atoms with Gasteiger partial charge in [0.05, 0.1) is 5.75 Å². The molecule has 0 bridgehead atoms. The fraction of sp³-hybridized carbons (Fsp3) is 0.667. The standard InChI is InChI=1S/C18H28N2O2S/c1-2-23(21,22)20-12-10-17(11-13-20)19-18-9-8-16(14-18)15-6-4-3-5-7-15/h3-7,16-19H,2,8-14H2,1H3. The molecule has 1 N–H and O–H groups in total. The Bertz CT molecular complexity index is 595. The minimum absolute atomic E-state index is 0.215. The molecule has 4 nitrogen and oxygen atoms in total. The van der Waals surface area contributed by atoms with Crippen molar-refractivity contribution in [3.8, 4) is 0 Å². The van der Waals surface area contributed by atoms with Gasteiger partial charge in [0.15, 0.2) is 0 Å². The van der Waals surface area contributed by atoms with E-state index < -0.39 is 10.0 Å². The molecule has 128 valence electrons. The molecule has 23 heavy (non-hydrogen) atoms. The van der Waals surface area contributed by atoms with Crippen LogP contribution in [0.25, 0.3) is 0 Å². The Kier molecular flexibility index (Phi) is 5.39. The van der Waals surface area contributed by atoms with E-state index in [9.17, 15) is 8.42 Å². The fourth-order valence-corrected chi connectivity index (χ4v) is 5.11. The topological polar surface area (TPSA) is 49.4 Å². The molecule has 0 aromatic heterocycles. The van der Waals surface area contributed by atoms with Gasteiger partial charge in [-0.2, -0.15) is 0 Å². The zero-order valence-corrected chi connectivity index (χ0v) is 14.8. The minimum atomic E-state index is -3.01. The molecule has 3 rings (SSSR count). The molecule has 5 heteroatoms. The zero-order chi connectivity index (χ0) is 16.3. The number of nitrogens with one attached hydrogen (secondary N) is 1. The fourth-order valence-electron chi connectivity index (χ4n) is 3.98. The SMILES string of the molecule is CCS(=O)(=O)N1CCC(NC2CCC(c3ccccc3)C2)CC1. The van der Waals surface area contributed by atoms with Crippen molar-refractivity contribution in [1.82, 2.24) is 9.62 Å².